The van der Waals surface area contributed by atoms with Crippen molar-refractivity contribution in [2.24, 2.45) is 5.73 Å². The van der Waals surface area contributed by atoms with E-state index in [2.05, 4.69) is 4.90 Å². The van der Waals surface area contributed by atoms with Crippen molar-refractivity contribution in [3.63, 3.8) is 0 Å². The Hall–Kier alpha value is -0.0800. The van der Waals surface area contributed by atoms with Crippen molar-refractivity contribution in [3.05, 3.63) is 0 Å². The van der Waals surface area contributed by atoms with Gasteiger partial charge in [0.25, 0.3) is 0 Å². The van der Waals surface area contributed by atoms with E-state index in [0.29, 0.717) is 5.54 Å². The predicted molar refractivity (Wildman–Crippen MR) is 92.6 cm³/mol. The van der Waals surface area contributed by atoms with Crippen LogP contribution in [0.1, 0.15) is 96.3 Å². The monoisotopic (exact) mass is 294 g/mol. The molecule has 0 unspecified atom stereocenters. The van der Waals surface area contributed by atoms with Gasteiger partial charge in [0.2, 0.25) is 0 Å². The molecule has 2 fully saturated rings. The first-order valence-electron chi connectivity index (χ1n) is 9.82. The first-order valence-corrected chi connectivity index (χ1v) is 9.82. The topological polar surface area (TPSA) is 29.3 Å². The first-order chi connectivity index (χ1) is 10.4. The molecule has 0 spiro atoms. The van der Waals surface area contributed by atoms with E-state index in [4.69, 9.17) is 5.73 Å². The van der Waals surface area contributed by atoms with Crippen LogP contribution >= 0.6 is 0 Å². The lowest BCUT2D eigenvalue weighted by Gasteiger charge is -2.44. The lowest BCUT2D eigenvalue weighted by atomic mass is 9.83. The minimum atomic E-state index is 0.337. The summed E-state index contributed by atoms with van der Waals surface area (Å²) in [5.41, 5.74) is 6.70. The Kier molecular flexibility index (Phi) is 8.10. The number of rotatable bonds is 2. The Balaban J connectivity index is 1.98. The van der Waals surface area contributed by atoms with E-state index < -0.39 is 0 Å². The minimum absolute atomic E-state index is 0.337. The Morgan fingerprint density at radius 3 is 1.38 bits per heavy atom. The Morgan fingerprint density at radius 2 is 0.952 bits per heavy atom. The van der Waals surface area contributed by atoms with Crippen molar-refractivity contribution >= 4 is 0 Å². The molecule has 1 heterocycles. The summed E-state index contributed by atoms with van der Waals surface area (Å²) in [6.45, 7) is 3.49. The van der Waals surface area contributed by atoms with Crippen molar-refractivity contribution in [2.75, 3.05) is 19.6 Å². The van der Waals surface area contributed by atoms with Gasteiger partial charge in [-0.25, -0.2) is 0 Å². The zero-order valence-corrected chi connectivity index (χ0v) is 14.3. The molecule has 2 aliphatic rings. The molecule has 2 nitrogen and oxygen atoms in total. The lowest BCUT2D eigenvalue weighted by Crippen LogP contribution is -2.54. The number of nitrogens with two attached hydrogens (primary N) is 1. The third kappa shape index (κ3) is 5.56. The summed E-state index contributed by atoms with van der Waals surface area (Å²) >= 11 is 0. The third-order valence-corrected chi connectivity index (χ3v) is 5.94. The molecule has 0 aromatic heterocycles. The zero-order valence-electron chi connectivity index (χ0n) is 14.3. The Morgan fingerprint density at radius 1 is 0.571 bits per heavy atom. The molecule has 1 saturated carbocycles. The summed E-state index contributed by atoms with van der Waals surface area (Å²) in [5.74, 6) is 0. The van der Waals surface area contributed by atoms with Gasteiger partial charge in [0.15, 0.2) is 0 Å². The van der Waals surface area contributed by atoms with E-state index in [9.17, 15) is 0 Å². The maximum absolute atomic E-state index is 6.36. The molecule has 2 heteroatoms. The zero-order chi connectivity index (χ0) is 14.8. The van der Waals surface area contributed by atoms with Crippen LogP contribution in [0.3, 0.4) is 0 Å². The van der Waals surface area contributed by atoms with Crippen LogP contribution in [-0.4, -0.2) is 30.1 Å². The van der Waals surface area contributed by atoms with Crippen molar-refractivity contribution in [1.82, 2.24) is 4.90 Å². The van der Waals surface area contributed by atoms with Crippen molar-refractivity contribution in [1.29, 1.82) is 0 Å². The highest BCUT2D eigenvalue weighted by atomic mass is 15.2. The summed E-state index contributed by atoms with van der Waals surface area (Å²) in [5, 5.41) is 0. The molecule has 0 aromatic rings. The highest BCUT2D eigenvalue weighted by Crippen LogP contribution is 2.31. The molecule has 21 heavy (non-hydrogen) atoms. The van der Waals surface area contributed by atoms with Crippen LogP contribution in [0.4, 0.5) is 0 Å². The van der Waals surface area contributed by atoms with Crippen LogP contribution in [0.5, 0.6) is 0 Å². The van der Waals surface area contributed by atoms with E-state index in [-0.39, 0.29) is 0 Å². The quantitative estimate of drug-likeness (QED) is 0.787. The fraction of sp³-hybridized carbons (Fsp3) is 1.00. The summed E-state index contributed by atoms with van der Waals surface area (Å²) < 4.78 is 0. The van der Waals surface area contributed by atoms with E-state index in [0.717, 1.165) is 6.54 Å². The molecular weight excluding hydrogens is 256 g/mol. The maximum Gasteiger partial charge on any atom is 0.0331 e. The van der Waals surface area contributed by atoms with Gasteiger partial charge < -0.3 is 5.73 Å². The molecule has 2 rings (SSSR count). The van der Waals surface area contributed by atoms with Crippen molar-refractivity contribution in [2.45, 2.75) is 102 Å². The van der Waals surface area contributed by atoms with Gasteiger partial charge in [-0.1, -0.05) is 70.6 Å². The SMILES string of the molecule is NCC1(N2CCCCCC2)CCCCCCCCCCC1. The van der Waals surface area contributed by atoms with Gasteiger partial charge in [0.1, 0.15) is 0 Å². The number of hydrogen-bond acceptors (Lipinski definition) is 2. The summed E-state index contributed by atoms with van der Waals surface area (Å²) in [6, 6.07) is 0. The van der Waals surface area contributed by atoms with Gasteiger partial charge in [-0.05, 0) is 38.8 Å². The van der Waals surface area contributed by atoms with Crippen molar-refractivity contribution in [3.8, 4) is 0 Å². The molecule has 2 N–H and O–H groups in total. The van der Waals surface area contributed by atoms with E-state index >= 15 is 0 Å². The van der Waals surface area contributed by atoms with Crippen LogP contribution in [0.25, 0.3) is 0 Å². The van der Waals surface area contributed by atoms with Crippen LogP contribution in [0.15, 0.2) is 0 Å². The summed E-state index contributed by atoms with van der Waals surface area (Å²) in [6.07, 6.45) is 21.3. The first kappa shape index (κ1) is 17.3. The van der Waals surface area contributed by atoms with Crippen molar-refractivity contribution < 1.29 is 0 Å². The predicted octanol–water partition coefficient (Wildman–Crippen LogP) is 4.86. The minimum Gasteiger partial charge on any atom is -0.329 e. The highest BCUT2D eigenvalue weighted by molar-refractivity contribution is 4.92. The fourth-order valence-corrected chi connectivity index (χ4v) is 4.47. The van der Waals surface area contributed by atoms with Crippen LogP contribution in [0, 0.1) is 0 Å². The fourth-order valence-electron chi connectivity index (χ4n) is 4.47. The number of hydrogen-bond donors (Lipinski definition) is 1. The smallest absolute Gasteiger partial charge is 0.0331 e. The molecular formula is C19H38N2. The maximum atomic E-state index is 6.36. The van der Waals surface area contributed by atoms with Gasteiger partial charge in [0, 0.05) is 12.1 Å². The molecule has 0 amide bonds. The molecule has 1 aliphatic heterocycles. The Labute approximate surface area is 132 Å². The second-order valence-corrected chi connectivity index (χ2v) is 7.51. The summed E-state index contributed by atoms with van der Waals surface area (Å²) in [4.78, 5) is 2.81. The van der Waals surface area contributed by atoms with E-state index in [1.54, 1.807) is 0 Å². The molecule has 124 valence electrons. The van der Waals surface area contributed by atoms with Gasteiger partial charge >= 0.3 is 0 Å². The number of likely N-dealkylation sites (tertiary alicyclic amines) is 1. The summed E-state index contributed by atoms with van der Waals surface area (Å²) in [7, 11) is 0. The number of nitrogens with zero attached hydrogens (tertiary/aromatic N) is 1. The standard InChI is InChI=1S/C19H38N2/c20-18-19(21-16-12-8-9-13-17-21)14-10-6-4-2-1-3-5-7-11-15-19/h1-18,20H2. The van der Waals surface area contributed by atoms with Crippen LogP contribution in [0.2, 0.25) is 0 Å². The molecule has 0 bridgehead atoms. The lowest BCUT2D eigenvalue weighted by molar-refractivity contribution is 0.0736. The van der Waals surface area contributed by atoms with Gasteiger partial charge in [0.05, 0.1) is 0 Å². The molecule has 0 radical (unpaired) electrons. The van der Waals surface area contributed by atoms with Crippen LogP contribution in [-0.2, 0) is 0 Å². The average molecular weight is 295 g/mol. The molecule has 0 atom stereocenters. The normalized spacial score (nSPS) is 27.3. The second kappa shape index (κ2) is 9.84. The third-order valence-electron chi connectivity index (χ3n) is 5.94. The van der Waals surface area contributed by atoms with E-state index in [1.807, 2.05) is 0 Å². The van der Waals surface area contributed by atoms with Gasteiger partial charge in [-0.2, -0.15) is 0 Å². The van der Waals surface area contributed by atoms with Gasteiger partial charge in [-0.15, -0.1) is 0 Å². The molecule has 1 aliphatic carbocycles. The molecule has 1 saturated heterocycles. The van der Waals surface area contributed by atoms with Crippen LogP contribution < -0.4 is 5.73 Å². The molecule has 0 aromatic carbocycles. The average Bonchev–Trinajstić information content (AvgIpc) is 2.78. The Bertz CT molecular complexity index is 244. The highest BCUT2D eigenvalue weighted by Gasteiger charge is 2.34. The largest absolute Gasteiger partial charge is 0.329 e. The van der Waals surface area contributed by atoms with Gasteiger partial charge in [-0.3, -0.25) is 4.90 Å². The van der Waals surface area contributed by atoms with E-state index in [1.165, 1.54) is 109 Å². The second-order valence-electron chi connectivity index (χ2n) is 7.51.